The Bertz CT molecular complexity index is 4420. The van der Waals surface area contributed by atoms with Gasteiger partial charge in [0, 0.05) is 31.9 Å². The summed E-state index contributed by atoms with van der Waals surface area (Å²) in [7, 11) is 0. The van der Waals surface area contributed by atoms with E-state index in [0.29, 0.717) is 0 Å². The molecule has 13 aromatic carbocycles. The Morgan fingerprint density at radius 1 is 0.247 bits per heavy atom. The molecule has 0 radical (unpaired) electrons. The van der Waals surface area contributed by atoms with Crippen molar-refractivity contribution < 1.29 is 0 Å². The molecule has 2 heterocycles. The summed E-state index contributed by atoms with van der Waals surface area (Å²) in [4.78, 5) is 4.98. The first-order valence-corrected chi connectivity index (χ1v) is 25.9. The van der Waals surface area contributed by atoms with Gasteiger partial charge in [-0.3, -0.25) is 0 Å². The smallest absolute Gasteiger partial charge is 0.0608 e. The third-order valence-electron chi connectivity index (χ3n) is 15.1. The van der Waals surface area contributed by atoms with Gasteiger partial charge in [-0.1, -0.05) is 206 Å². The molecule has 0 spiro atoms. The minimum atomic E-state index is 1.13. The number of rotatable bonds is 6. The van der Waals surface area contributed by atoms with Gasteiger partial charge in [0.05, 0.1) is 22.4 Å². The van der Waals surface area contributed by atoms with Gasteiger partial charge in [-0.2, -0.15) is 0 Å². The molecule has 15 rings (SSSR count). The zero-order chi connectivity index (χ0) is 48.0. The van der Waals surface area contributed by atoms with E-state index in [-0.39, 0.29) is 0 Å². The lowest BCUT2D eigenvalue weighted by Crippen LogP contribution is -2.15. The lowest BCUT2D eigenvalue weighted by molar-refractivity contribution is 1.18. The quantitative estimate of drug-likeness (QED) is 0.154. The van der Waals surface area contributed by atoms with Crippen LogP contribution in [0, 0.1) is 0 Å². The van der Waals surface area contributed by atoms with Crippen LogP contribution in [0.4, 0.5) is 17.1 Å². The van der Waals surface area contributed by atoms with E-state index in [4.69, 9.17) is 0 Å². The maximum atomic E-state index is 2.49. The molecule has 0 unspecified atom stereocenters. The Kier molecular flexibility index (Phi) is 9.54. The van der Waals surface area contributed by atoms with Crippen LogP contribution >= 0.6 is 11.8 Å². The summed E-state index contributed by atoms with van der Waals surface area (Å²) < 4.78 is 2.42. The highest BCUT2D eigenvalue weighted by Crippen LogP contribution is 2.55. The van der Waals surface area contributed by atoms with E-state index in [2.05, 4.69) is 276 Å². The molecule has 14 aromatic rings. The molecule has 0 aliphatic carbocycles. The van der Waals surface area contributed by atoms with Gasteiger partial charge in [-0.05, 0) is 160 Å². The summed E-state index contributed by atoms with van der Waals surface area (Å²) in [6.45, 7) is 0. The van der Waals surface area contributed by atoms with Crippen LogP contribution in [0.3, 0.4) is 0 Å². The molecule has 0 N–H and O–H groups in total. The van der Waals surface area contributed by atoms with Crippen LogP contribution in [0.15, 0.2) is 277 Å². The summed E-state index contributed by atoms with van der Waals surface area (Å²) >= 11 is 1.88. The maximum absolute atomic E-state index is 2.49. The molecule has 0 amide bonds. The molecule has 1 aromatic heterocycles. The predicted molar refractivity (Wildman–Crippen MR) is 311 cm³/mol. The standard InChI is InChI=1S/C70H44N2S/c1-3-15-45(16-4-1)52-39-53(46-17-5-2-6-18-46)41-55(40-52)72-67-37-32-51(44-69(67)73-70-56-20-8-7-19-48(56)30-38-68(70)72)50-31-36-66-64(43-50)62-25-13-14-26-65(62)71(66)54-33-27-47(28-34-54)49-29-35-61-59-23-10-9-21-57(59)58-22-11-12-24-60(58)63(61)42-49/h1-44H. The van der Waals surface area contributed by atoms with E-state index >= 15 is 0 Å². The number of aromatic nitrogens is 1. The summed E-state index contributed by atoms with van der Waals surface area (Å²) in [6.07, 6.45) is 0. The highest BCUT2D eigenvalue weighted by molar-refractivity contribution is 8.00. The fourth-order valence-corrected chi connectivity index (χ4v) is 12.9. The third-order valence-corrected chi connectivity index (χ3v) is 16.3. The molecule has 0 saturated carbocycles. The number of fused-ring (bicyclic) bond motifs is 13. The zero-order valence-corrected chi connectivity index (χ0v) is 40.5. The number of hydrogen-bond donors (Lipinski definition) is 0. The second-order valence-corrected chi connectivity index (χ2v) is 20.3. The van der Waals surface area contributed by atoms with Gasteiger partial charge in [-0.25, -0.2) is 0 Å². The highest BCUT2D eigenvalue weighted by atomic mass is 32.2. The van der Waals surface area contributed by atoms with Gasteiger partial charge in [0.25, 0.3) is 0 Å². The van der Waals surface area contributed by atoms with Crippen molar-refractivity contribution in [1.29, 1.82) is 0 Å². The van der Waals surface area contributed by atoms with Gasteiger partial charge in [-0.15, -0.1) is 0 Å². The number of nitrogens with zero attached hydrogens (tertiary/aromatic N) is 2. The molecule has 340 valence electrons. The summed E-state index contributed by atoms with van der Waals surface area (Å²) in [6, 6.07) is 98.6. The normalized spacial score (nSPS) is 12.3. The zero-order valence-electron chi connectivity index (χ0n) is 39.7. The van der Waals surface area contributed by atoms with Crippen LogP contribution in [0.5, 0.6) is 0 Å². The molecule has 1 aliphatic rings. The van der Waals surface area contributed by atoms with Crippen molar-refractivity contribution in [2.45, 2.75) is 9.79 Å². The van der Waals surface area contributed by atoms with Crippen LogP contribution in [0.25, 0.3) is 115 Å². The summed E-state index contributed by atoms with van der Waals surface area (Å²) in [5, 5.41) is 12.7. The van der Waals surface area contributed by atoms with Crippen LogP contribution in [0.1, 0.15) is 0 Å². The Hall–Kier alpha value is -9.15. The van der Waals surface area contributed by atoms with Crippen molar-refractivity contribution in [3.63, 3.8) is 0 Å². The topological polar surface area (TPSA) is 8.17 Å². The van der Waals surface area contributed by atoms with E-state index in [1.165, 1.54) is 131 Å². The Balaban J connectivity index is 0.833. The molecule has 0 saturated heterocycles. The lowest BCUT2D eigenvalue weighted by atomic mass is 9.92. The van der Waals surface area contributed by atoms with E-state index in [0.717, 1.165) is 11.4 Å². The number of anilines is 3. The van der Waals surface area contributed by atoms with Gasteiger partial charge < -0.3 is 9.47 Å². The molecule has 73 heavy (non-hydrogen) atoms. The van der Waals surface area contributed by atoms with Crippen molar-refractivity contribution in [3.8, 4) is 50.2 Å². The molecule has 2 nitrogen and oxygen atoms in total. The van der Waals surface area contributed by atoms with Gasteiger partial charge >= 0.3 is 0 Å². The van der Waals surface area contributed by atoms with Gasteiger partial charge in [0.15, 0.2) is 0 Å². The SMILES string of the molecule is c1ccc(-c2cc(-c3ccccc3)cc(N3c4ccc(-c5ccc6c(c5)c5ccccc5n6-c5ccc(-c6ccc7c8ccccc8c8ccccc8c7c6)cc5)cc4Sc4c3ccc3ccccc43)c2)cc1. The first-order chi connectivity index (χ1) is 36.2. The number of para-hydroxylation sites is 1. The van der Waals surface area contributed by atoms with Gasteiger partial charge in [0.2, 0.25) is 0 Å². The minimum Gasteiger partial charge on any atom is -0.309 e. The van der Waals surface area contributed by atoms with Crippen LogP contribution < -0.4 is 4.90 Å². The molecule has 3 heteroatoms. The van der Waals surface area contributed by atoms with Crippen molar-refractivity contribution in [1.82, 2.24) is 4.57 Å². The second-order valence-electron chi connectivity index (χ2n) is 19.2. The predicted octanol–water partition coefficient (Wildman–Crippen LogP) is 20.0. The lowest BCUT2D eigenvalue weighted by Gasteiger charge is -2.34. The molecule has 0 fully saturated rings. The average molecular weight is 945 g/mol. The maximum Gasteiger partial charge on any atom is 0.0608 e. The Morgan fingerprint density at radius 2 is 0.726 bits per heavy atom. The van der Waals surface area contributed by atoms with Crippen LogP contribution in [-0.4, -0.2) is 4.57 Å². The molecule has 0 bridgehead atoms. The fraction of sp³-hybridized carbons (Fsp3) is 0. The van der Waals surface area contributed by atoms with Crippen molar-refractivity contribution >= 4 is 93.7 Å². The van der Waals surface area contributed by atoms with E-state index in [9.17, 15) is 0 Å². The molecular weight excluding hydrogens is 901 g/mol. The number of hydrogen-bond acceptors (Lipinski definition) is 2. The van der Waals surface area contributed by atoms with Crippen LogP contribution in [-0.2, 0) is 0 Å². The van der Waals surface area contributed by atoms with E-state index in [1.54, 1.807) is 0 Å². The largest absolute Gasteiger partial charge is 0.309 e. The van der Waals surface area contributed by atoms with Crippen molar-refractivity contribution in [2.75, 3.05) is 4.90 Å². The van der Waals surface area contributed by atoms with Crippen molar-refractivity contribution in [2.24, 2.45) is 0 Å². The summed E-state index contributed by atoms with van der Waals surface area (Å²) in [5.41, 5.74) is 16.6. The molecule has 0 atom stereocenters. The third kappa shape index (κ3) is 6.81. The average Bonchev–Trinajstić information content (AvgIpc) is 3.81. The Labute approximate surface area is 427 Å². The van der Waals surface area contributed by atoms with E-state index < -0.39 is 0 Å². The van der Waals surface area contributed by atoms with Gasteiger partial charge in [0.1, 0.15) is 0 Å². The monoisotopic (exact) mass is 944 g/mol. The number of benzene rings is 13. The minimum absolute atomic E-state index is 1.13. The second kappa shape index (κ2) is 16.7. The molecular formula is C70H44N2S. The molecule has 1 aliphatic heterocycles. The highest BCUT2D eigenvalue weighted by Gasteiger charge is 2.28. The first-order valence-electron chi connectivity index (χ1n) is 25.1. The van der Waals surface area contributed by atoms with Crippen molar-refractivity contribution in [3.05, 3.63) is 267 Å². The van der Waals surface area contributed by atoms with Crippen LogP contribution in [0.2, 0.25) is 0 Å². The fourth-order valence-electron chi connectivity index (χ4n) is 11.6. The summed E-state index contributed by atoms with van der Waals surface area (Å²) in [5.74, 6) is 0. The van der Waals surface area contributed by atoms with E-state index in [1.807, 2.05) is 11.8 Å². The first kappa shape index (κ1) is 41.6. The Morgan fingerprint density at radius 3 is 1.42 bits per heavy atom.